The lowest BCUT2D eigenvalue weighted by molar-refractivity contribution is -0.119. The number of nitrogens with one attached hydrogen (secondary N) is 2. The fraction of sp³-hybridized carbons (Fsp3) is 0.679. The number of halogens is 1. The predicted octanol–water partition coefficient (Wildman–Crippen LogP) is 5.81. The van der Waals surface area contributed by atoms with Gasteiger partial charge in [0, 0.05) is 38.3 Å². The first-order valence-electron chi connectivity index (χ1n) is 13.1. The van der Waals surface area contributed by atoms with E-state index >= 15 is 0 Å². The highest BCUT2D eigenvalue weighted by Gasteiger charge is 2.28. The summed E-state index contributed by atoms with van der Waals surface area (Å²) in [7, 11) is 0. The van der Waals surface area contributed by atoms with Crippen molar-refractivity contribution >= 4 is 35.3 Å². The highest BCUT2D eigenvalue weighted by atomic mass is 35.5. The van der Waals surface area contributed by atoms with Gasteiger partial charge in [-0.05, 0) is 62.1 Å². The molecule has 1 aromatic rings. The van der Waals surface area contributed by atoms with Crippen LogP contribution in [-0.4, -0.2) is 56.6 Å². The predicted molar refractivity (Wildman–Crippen MR) is 149 cm³/mol. The van der Waals surface area contributed by atoms with Crippen molar-refractivity contribution < 1.29 is 4.79 Å². The molecule has 3 rings (SSSR count). The Balaban J connectivity index is 0.00000408. The van der Waals surface area contributed by atoms with Gasteiger partial charge in [-0.3, -0.25) is 9.69 Å². The molecule has 34 heavy (non-hydrogen) atoms. The third-order valence-corrected chi connectivity index (χ3v) is 7.35. The van der Waals surface area contributed by atoms with Crippen LogP contribution in [0.5, 0.6) is 0 Å². The normalized spacial score (nSPS) is 19.3. The van der Waals surface area contributed by atoms with Crippen molar-refractivity contribution in [3.8, 4) is 0 Å². The van der Waals surface area contributed by atoms with E-state index in [4.69, 9.17) is 0 Å². The summed E-state index contributed by atoms with van der Waals surface area (Å²) >= 11 is 0. The zero-order valence-electron chi connectivity index (χ0n) is 22.1. The van der Waals surface area contributed by atoms with Crippen LogP contribution in [0.4, 0.5) is 11.4 Å². The molecule has 1 aliphatic heterocycles. The van der Waals surface area contributed by atoms with Gasteiger partial charge in [0.05, 0.1) is 17.9 Å². The number of para-hydroxylation sites is 1. The van der Waals surface area contributed by atoms with Gasteiger partial charge < -0.3 is 15.5 Å². The van der Waals surface area contributed by atoms with Crippen molar-refractivity contribution in [2.24, 2.45) is 11.3 Å². The molecule has 0 bridgehead atoms. The number of carbonyl (C=O) groups excluding carboxylic acids is 1. The van der Waals surface area contributed by atoms with E-state index in [1.54, 1.807) is 0 Å². The van der Waals surface area contributed by atoms with E-state index in [0.717, 1.165) is 50.6 Å². The first kappa shape index (κ1) is 28.5. The third-order valence-electron chi connectivity index (χ3n) is 7.35. The lowest BCUT2D eigenvalue weighted by Crippen LogP contribution is -2.47. The molecule has 6 heteroatoms. The number of carbonyl (C=O) groups is 1. The molecule has 5 nitrogen and oxygen atoms in total. The van der Waals surface area contributed by atoms with Crippen molar-refractivity contribution in [2.45, 2.75) is 66.7 Å². The van der Waals surface area contributed by atoms with Crippen LogP contribution < -0.4 is 15.5 Å². The summed E-state index contributed by atoms with van der Waals surface area (Å²) in [6.45, 7) is 17.8. The van der Waals surface area contributed by atoms with Gasteiger partial charge in [-0.1, -0.05) is 52.3 Å². The molecule has 1 unspecified atom stereocenters. The number of allylic oxidation sites excluding steroid dienone is 2. The highest BCUT2D eigenvalue weighted by molar-refractivity contribution is 5.88. The fourth-order valence-corrected chi connectivity index (χ4v) is 5.16. The summed E-state index contributed by atoms with van der Waals surface area (Å²) in [6.07, 6.45) is 8.54. The minimum Gasteiger partial charge on any atom is -0.374 e. The Morgan fingerprint density at radius 2 is 1.85 bits per heavy atom. The first-order valence-corrected chi connectivity index (χ1v) is 13.1. The number of amides is 1. The number of rotatable bonds is 9. The maximum absolute atomic E-state index is 12.2. The van der Waals surface area contributed by atoms with Crippen LogP contribution in [-0.2, 0) is 4.79 Å². The van der Waals surface area contributed by atoms with E-state index in [9.17, 15) is 4.79 Å². The SMILES string of the molecule is CCCCN1CCN(c2c(NCC(=O)NCC)cccc2C2=CCC(C(C)(C)C)CC2)CC1.Cl. The second-order valence-corrected chi connectivity index (χ2v) is 10.8. The van der Waals surface area contributed by atoms with E-state index in [0.29, 0.717) is 18.5 Å². The molecule has 0 saturated carbocycles. The van der Waals surface area contributed by atoms with Crippen LogP contribution >= 0.6 is 12.4 Å². The van der Waals surface area contributed by atoms with Gasteiger partial charge in [-0.2, -0.15) is 0 Å². The van der Waals surface area contributed by atoms with Gasteiger partial charge >= 0.3 is 0 Å². The van der Waals surface area contributed by atoms with E-state index in [1.807, 2.05) is 6.92 Å². The lowest BCUT2D eigenvalue weighted by Gasteiger charge is -2.39. The molecule has 0 radical (unpaired) electrons. The first-order chi connectivity index (χ1) is 15.8. The van der Waals surface area contributed by atoms with E-state index in [2.05, 4.69) is 72.4 Å². The Labute approximate surface area is 214 Å². The van der Waals surface area contributed by atoms with Crippen molar-refractivity contribution in [1.82, 2.24) is 10.2 Å². The molecule has 192 valence electrons. The summed E-state index contributed by atoms with van der Waals surface area (Å²) < 4.78 is 0. The Bertz CT molecular complexity index is 809. The highest BCUT2D eigenvalue weighted by Crippen LogP contribution is 2.43. The van der Waals surface area contributed by atoms with Gasteiger partial charge in [0.15, 0.2) is 0 Å². The number of unbranched alkanes of at least 4 members (excludes halogenated alkanes) is 1. The second kappa shape index (κ2) is 13.4. The van der Waals surface area contributed by atoms with Crippen molar-refractivity contribution in [1.29, 1.82) is 0 Å². The second-order valence-electron chi connectivity index (χ2n) is 10.8. The van der Waals surface area contributed by atoms with E-state index < -0.39 is 0 Å². The molecule has 1 heterocycles. The molecule has 1 aliphatic carbocycles. The Kier molecular flexibility index (Phi) is 11.2. The quantitative estimate of drug-likeness (QED) is 0.458. The number of hydrogen-bond acceptors (Lipinski definition) is 4. The average Bonchev–Trinajstić information content (AvgIpc) is 2.81. The van der Waals surface area contributed by atoms with Crippen LogP contribution in [0.2, 0.25) is 0 Å². The molecule has 0 aromatic heterocycles. The number of benzene rings is 1. The minimum atomic E-state index is 0. The summed E-state index contributed by atoms with van der Waals surface area (Å²) in [5.41, 5.74) is 5.55. The number of nitrogens with zero attached hydrogens (tertiary/aromatic N) is 2. The van der Waals surface area contributed by atoms with Crippen LogP contribution in [0.3, 0.4) is 0 Å². The van der Waals surface area contributed by atoms with Crippen molar-refractivity contribution in [2.75, 3.05) is 56.0 Å². The van der Waals surface area contributed by atoms with Gasteiger partial charge in [0.1, 0.15) is 0 Å². The van der Waals surface area contributed by atoms with Crippen molar-refractivity contribution in [3.05, 3.63) is 29.8 Å². The molecule has 1 atom stereocenters. The lowest BCUT2D eigenvalue weighted by atomic mass is 9.72. The summed E-state index contributed by atoms with van der Waals surface area (Å²) in [4.78, 5) is 17.3. The average molecular weight is 491 g/mol. The molecule has 1 amide bonds. The summed E-state index contributed by atoms with van der Waals surface area (Å²) in [5.74, 6) is 0.786. The molecule has 1 saturated heterocycles. The van der Waals surface area contributed by atoms with Crippen LogP contribution in [0.1, 0.15) is 72.3 Å². The van der Waals surface area contributed by atoms with Gasteiger partial charge in [0.25, 0.3) is 0 Å². The molecule has 2 N–H and O–H groups in total. The van der Waals surface area contributed by atoms with Gasteiger partial charge in [-0.15, -0.1) is 12.4 Å². The minimum absolute atomic E-state index is 0. The monoisotopic (exact) mass is 490 g/mol. The van der Waals surface area contributed by atoms with Crippen molar-refractivity contribution in [3.63, 3.8) is 0 Å². The maximum Gasteiger partial charge on any atom is 0.239 e. The molecule has 1 aromatic carbocycles. The standard InChI is InChI=1S/C28H46N4O.ClH/c1-6-8-16-31-17-19-32(20-18-31)27-24(22-12-14-23(15-13-22)28(3,4)5)10-9-11-25(27)30-21-26(33)29-7-2;/h9-12,23,30H,6-8,13-21H2,1-5H3,(H,29,33);1H. The number of hydrogen-bond donors (Lipinski definition) is 2. The Hall–Kier alpha value is -1.72. The zero-order chi connectivity index (χ0) is 23.8. The van der Waals surface area contributed by atoms with Crippen LogP contribution in [0, 0.1) is 11.3 Å². The van der Waals surface area contributed by atoms with E-state index in [1.165, 1.54) is 42.6 Å². The maximum atomic E-state index is 12.2. The van der Waals surface area contributed by atoms with Crippen LogP contribution in [0.25, 0.3) is 5.57 Å². The smallest absolute Gasteiger partial charge is 0.239 e. The molecule has 1 fully saturated rings. The summed E-state index contributed by atoms with van der Waals surface area (Å²) in [6, 6.07) is 6.58. The molecular formula is C28H47ClN4O. The molecule has 2 aliphatic rings. The molecular weight excluding hydrogens is 444 g/mol. The summed E-state index contributed by atoms with van der Waals surface area (Å²) in [5, 5.41) is 6.36. The van der Waals surface area contributed by atoms with Gasteiger partial charge in [-0.25, -0.2) is 0 Å². The van der Waals surface area contributed by atoms with E-state index in [-0.39, 0.29) is 18.3 Å². The molecule has 0 spiro atoms. The van der Waals surface area contributed by atoms with Crippen LogP contribution in [0.15, 0.2) is 24.3 Å². The fourth-order valence-electron chi connectivity index (χ4n) is 5.16. The third kappa shape index (κ3) is 7.64. The number of piperazine rings is 1. The Morgan fingerprint density at radius 1 is 1.12 bits per heavy atom. The topological polar surface area (TPSA) is 47.6 Å². The van der Waals surface area contributed by atoms with Gasteiger partial charge in [0.2, 0.25) is 5.91 Å². The number of likely N-dealkylation sites (N-methyl/N-ethyl adjacent to an activating group) is 1. The zero-order valence-corrected chi connectivity index (χ0v) is 22.9. The number of anilines is 2. The Morgan fingerprint density at radius 3 is 2.44 bits per heavy atom. The largest absolute Gasteiger partial charge is 0.374 e.